The van der Waals surface area contributed by atoms with Crippen molar-refractivity contribution >= 4 is 18.3 Å². The van der Waals surface area contributed by atoms with Gasteiger partial charge in [0.05, 0.1) is 12.5 Å². The van der Waals surface area contributed by atoms with Gasteiger partial charge in [0.15, 0.2) is 0 Å². The first-order valence-corrected chi connectivity index (χ1v) is 7.85. The van der Waals surface area contributed by atoms with Gasteiger partial charge in [0.2, 0.25) is 5.91 Å². The van der Waals surface area contributed by atoms with Gasteiger partial charge >= 0.3 is 0 Å². The average Bonchev–Trinajstić information content (AvgIpc) is 2.60. The van der Waals surface area contributed by atoms with E-state index in [1.54, 1.807) is 7.11 Å². The highest BCUT2D eigenvalue weighted by Gasteiger charge is 2.41. The quantitative estimate of drug-likeness (QED) is 0.861. The first kappa shape index (κ1) is 19.7. The Labute approximate surface area is 144 Å². The number of ether oxygens (including phenoxy) is 2. The maximum atomic E-state index is 13.0. The summed E-state index contributed by atoms with van der Waals surface area (Å²) in [7, 11) is 1.65. The highest BCUT2D eigenvalue weighted by Crippen LogP contribution is 2.32. The smallest absolute Gasteiger partial charge is 0.230 e. The molecule has 0 unspecified atom stereocenters. The number of nitrogens with zero attached hydrogens (tertiary/aromatic N) is 1. The summed E-state index contributed by atoms with van der Waals surface area (Å²) >= 11 is 0. The molecule has 1 aromatic carbocycles. The van der Waals surface area contributed by atoms with E-state index in [0.29, 0.717) is 45.7 Å². The third-order valence-corrected chi connectivity index (χ3v) is 4.50. The van der Waals surface area contributed by atoms with Crippen LogP contribution in [0.2, 0.25) is 0 Å². The third kappa shape index (κ3) is 4.59. The summed E-state index contributed by atoms with van der Waals surface area (Å²) in [4.78, 5) is 14.9. The minimum absolute atomic E-state index is 0. The van der Waals surface area contributed by atoms with Gasteiger partial charge in [-0.2, -0.15) is 0 Å². The van der Waals surface area contributed by atoms with Gasteiger partial charge < -0.3 is 20.1 Å². The number of hydrogen-bond donors (Lipinski definition) is 1. The number of halogens is 1. The fourth-order valence-electron chi connectivity index (χ4n) is 2.88. The molecule has 0 spiro atoms. The number of amides is 1. The first-order chi connectivity index (χ1) is 10.6. The highest BCUT2D eigenvalue weighted by molar-refractivity contribution is 5.85. The molecule has 130 valence electrons. The van der Waals surface area contributed by atoms with Crippen LogP contribution in [0.15, 0.2) is 24.3 Å². The van der Waals surface area contributed by atoms with Crippen molar-refractivity contribution < 1.29 is 14.3 Å². The van der Waals surface area contributed by atoms with Crippen LogP contribution in [0.1, 0.15) is 25.3 Å². The Morgan fingerprint density at radius 1 is 1.30 bits per heavy atom. The van der Waals surface area contributed by atoms with E-state index in [9.17, 15) is 4.79 Å². The number of carbonyl (C=O) groups is 1. The normalized spacial score (nSPS) is 16.3. The number of benzene rings is 1. The summed E-state index contributed by atoms with van der Waals surface area (Å²) in [6.45, 7) is 4.89. The number of hydrogen-bond acceptors (Lipinski definition) is 4. The molecule has 1 aliphatic heterocycles. The monoisotopic (exact) mass is 342 g/mol. The van der Waals surface area contributed by atoms with Gasteiger partial charge in [-0.15, -0.1) is 12.4 Å². The predicted molar refractivity (Wildman–Crippen MR) is 92.9 cm³/mol. The minimum Gasteiger partial charge on any atom is -0.497 e. The Bertz CT molecular complexity index is 487. The molecule has 1 aliphatic rings. The van der Waals surface area contributed by atoms with Crippen LogP contribution < -0.4 is 10.5 Å². The molecule has 6 heteroatoms. The number of rotatable bonds is 6. The van der Waals surface area contributed by atoms with Crippen molar-refractivity contribution in [1.29, 1.82) is 0 Å². The SMILES string of the molecule is CCN(Cc1ccc(OC)cc1)C(=O)C1(CN)CCOCC1.Cl. The van der Waals surface area contributed by atoms with E-state index in [0.717, 1.165) is 11.3 Å². The minimum atomic E-state index is -0.458. The summed E-state index contributed by atoms with van der Waals surface area (Å²) in [6.07, 6.45) is 1.42. The van der Waals surface area contributed by atoms with Gasteiger partial charge in [-0.3, -0.25) is 4.79 Å². The van der Waals surface area contributed by atoms with Gasteiger partial charge in [0.25, 0.3) is 0 Å². The van der Waals surface area contributed by atoms with Crippen molar-refractivity contribution in [2.24, 2.45) is 11.1 Å². The van der Waals surface area contributed by atoms with Crippen LogP contribution in [0.4, 0.5) is 0 Å². The van der Waals surface area contributed by atoms with E-state index < -0.39 is 5.41 Å². The molecule has 5 nitrogen and oxygen atoms in total. The summed E-state index contributed by atoms with van der Waals surface area (Å²) in [5.74, 6) is 0.970. The summed E-state index contributed by atoms with van der Waals surface area (Å²) in [5.41, 5.74) is 6.58. The van der Waals surface area contributed by atoms with Crippen LogP contribution >= 0.6 is 12.4 Å². The summed E-state index contributed by atoms with van der Waals surface area (Å²) < 4.78 is 10.6. The van der Waals surface area contributed by atoms with Crippen LogP contribution in [0.3, 0.4) is 0 Å². The van der Waals surface area contributed by atoms with Gasteiger partial charge in [0.1, 0.15) is 5.75 Å². The van der Waals surface area contributed by atoms with Crippen molar-refractivity contribution in [2.45, 2.75) is 26.3 Å². The maximum absolute atomic E-state index is 13.0. The molecule has 23 heavy (non-hydrogen) atoms. The van der Waals surface area contributed by atoms with Gasteiger partial charge in [0, 0.05) is 32.8 Å². The summed E-state index contributed by atoms with van der Waals surface area (Å²) in [5, 5.41) is 0. The molecule has 0 bridgehead atoms. The Balaban J connectivity index is 0.00000264. The lowest BCUT2D eigenvalue weighted by Gasteiger charge is -2.38. The molecule has 0 aromatic heterocycles. The highest BCUT2D eigenvalue weighted by atomic mass is 35.5. The lowest BCUT2D eigenvalue weighted by molar-refractivity contribution is -0.147. The third-order valence-electron chi connectivity index (χ3n) is 4.50. The predicted octanol–water partition coefficient (Wildman–Crippen LogP) is 2.22. The molecule has 2 N–H and O–H groups in total. The Morgan fingerprint density at radius 2 is 1.91 bits per heavy atom. The summed E-state index contributed by atoms with van der Waals surface area (Å²) in [6, 6.07) is 7.82. The molecule has 1 saturated heterocycles. The van der Waals surface area contributed by atoms with Crippen LogP contribution in [0.25, 0.3) is 0 Å². The zero-order valence-electron chi connectivity index (χ0n) is 13.9. The zero-order chi connectivity index (χ0) is 16.0. The molecule has 1 heterocycles. The van der Waals surface area contributed by atoms with Crippen LogP contribution in [0.5, 0.6) is 5.75 Å². The van der Waals surface area contributed by atoms with Crippen molar-refractivity contribution in [3.8, 4) is 5.75 Å². The van der Waals surface area contributed by atoms with E-state index >= 15 is 0 Å². The lowest BCUT2D eigenvalue weighted by atomic mass is 9.78. The van der Waals surface area contributed by atoms with Crippen LogP contribution in [-0.4, -0.2) is 44.2 Å². The molecule has 1 amide bonds. The zero-order valence-corrected chi connectivity index (χ0v) is 14.7. The average molecular weight is 343 g/mol. The number of methoxy groups -OCH3 is 1. The Hall–Kier alpha value is -1.30. The van der Waals surface area contributed by atoms with Crippen molar-refractivity contribution in [3.05, 3.63) is 29.8 Å². The van der Waals surface area contributed by atoms with E-state index in [1.165, 1.54) is 0 Å². The Kier molecular flexibility index (Phi) is 7.82. The van der Waals surface area contributed by atoms with E-state index in [1.807, 2.05) is 36.1 Å². The first-order valence-electron chi connectivity index (χ1n) is 7.85. The Morgan fingerprint density at radius 3 is 2.39 bits per heavy atom. The van der Waals surface area contributed by atoms with E-state index in [-0.39, 0.29) is 18.3 Å². The molecule has 1 aromatic rings. The second kappa shape index (κ2) is 9.11. The van der Waals surface area contributed by atoms with Crippen LogP contribution in [-0.2, 0) is 16.1 Å². The molecule has 0 aliphatic carbocycles. The molecular weight excluding hydrogens is 316 g/mol. The molecular formula is C17H27ClN2O3. The largest absolute Gasteiger partial charge is 0.497 e. The van der Waals surface area contributed by atoms with E-state index in [2.05, 4.69) is 0 Å². The second-order valence-electron chi connectivity index (χ2n) is 5.76. The van der Waals surface area contributed by atoms with E-state index in [4.69, 9.17) is 15.2 Å². The van der Waals surface area contributed by atoms with Crippen molar-refractivity contribution in [3.63, 3.8) is 0 Å². The maximum Gasteiger partial charge on any atom is 0.230 e. The van der Waals surface area contributed by atoms with Gasteiger partial charge in [-0.05, 0) is 37.5 Å². The number of nitrogens with two attached hydrogens (primary N) is 1. The fraction of sp³-hybridized carbons (Fsp3) is 0.588. The standard InChI is InChI=1S/C17H26N2O3.ClH/c1-3-19(12-14-4-6-15(21-2)7-5-14)16(20)17(13-18)8-10-22-11-9-17;/h4-7H,3,8-13,18H2,1-2H3;1H. The molecule has 2 rings (SSSR count). The van der Waals surface area contributed by atoms with Crippen LogP contribution in [0, 0.1) is 5.41 Å². The molecule has 0 radical (unpaired) electrons. The lowest BCUT2D eigenvalue weighted by Crippen LogP contribution is -2.50. The molecule has 0 atom stereocenters. The molecule has 1 fully saturated rings. The van der Waals surface area contributed by atoms with Crippen molar-refractivity contribution in [1.82, 2.24) is 4.90 Å². The van der Waals surface area contributed by atoms with Gasteiger partial charge in [-0.25, -0.2) is 0 Å². The number of carbonyl (C=O) groups excluding carboxylic acids is 1. The van der Waals surface area contributed by atoms with Crippen molar-refractivity contribution in [2.75, 3.05) is 33.4 Å². The topological polar surface area (TPSA) is 64.8 Å². The second-order valence-corrected chi connectivity index (χ2v) is 5.76. The van der Waals surface area contributed by atoms with Gasteiger partial charge in [-0.1, -0.05) is 12.1 Å². The molecule has 0 saturated carbocycles. The fourth-order valence-corrected chi connectivity index (χ4v) is 2.88.